The summed E-state index contributed by atoms with van der Waals surface area (Å²) in [6, 6.07) is 14.3. The zero-order valence-electron chi connectivity index (χ0n) is 16.6. The number of benzene rings is 2. The third-order valence-corrected chi connectivity index (χ3v) is 7.67. The van der Waals surface area contributed by atoms with Crippen molar-refractivity contribution in [2.45, 2.75) is 30.7 Å². The molecule has 1 amide bonds. The topological polar surface area (TPSA) is 97.8 Å². The molecule has 30 heavy (non-hydrogen) atoms. The maximum Gasteiger partial charge on any atom is 0.338 e. The highest BCUT2D eigenvalue weighted by molar-refractivity contribution is 7.90. The molecule has 3 atom stereocenters. The monoisotopic (exact) mass is 427 g/mol. The smallest absolute Gasteiger partial charge is 0.338 e. The zero-order valence-corrected chi connectivity index (χ0v) is 17.4. The summed E-state index contributed by atoms with van der Waals surface area (Å²) >= 11 is 0. The van der Waals surface area contributed by atoms with Gasteiger partial charge in [-0.05, 0) is 19.4 Å². The van der Waals surface area contributed by atoms with Crippen molar-refractivity contribution in [3.05, 3.63) is 65.7 Å². The average molecular weight is 427 g/mol. The van der Waals surface area contributed by atoms with Gasteiger partial charge in [0.2, 0.25) is 5.91 Å². The molecule has 156 valence electrons. The molecule has 1 saturated heterocycles. The van der Waals surface area contributed by atoms with Gasteiger partial charge in [0.1, 0.15) is 0 Å². The first-order valence-corrected chi connectivity index (χ1v) is 11.2. The van der Waals surface area contributed by atoms with Gasteiger partial charge in [0.25, 0.3) is 10.0 Å². The molecule has 0 spiro atoms. The number of esters is 1. The van der Waals surface area contributed by atoms with E-state index in [2.05, 4.69) is 0 Å². The predicted molar refractivity (Wildman–Crippen MR) is 107 cm³/mol. The molecule has 0 radical (unpaired) electrons. The first-order chi connectivity index (χ1) is 14.3. The first-order valence-electron chi connectivity index (χ1n) is 9.73. The Balaban J connectivity index is 2.05. The molecule has 0 aliphatic carbocycles. The Morgan fingerprint density at radius 1 is 1.10 bits per heavy atom. The van der Waals surface area contributed by atoms with Gasteiger partial charge in [-0.15, -0.1) is 0 Å². The number of hydrogen-bond acceptors (Lipinski definition) is 6. The molecule has 0 aromatic heterocycles. The molecular formula is C22H21NO6S. The summed E-state index contributed by atoms with van der Waals surface area (Å²) in [5.41, 5.74) is -1.60. The van der Waals surface area contributed by atoms with Crippen LogP contribution in [0.3, 0.4) is 0 Å². The number of rotatable bonds is 4. The number of carbonyl (C=O) groups is 3. The van der Waals surface area contributed by atoms with E-state index in [9.17, 15) is 22.8 Å². The number of ether oxygens (including phenoxy) is 1. The van der Waals surface area contributed by atoms with Crippen LogP contribution in [0, 0.1) is 11.8 Å². The van der Waals surface area contributed by atoms with Crippen molar-refractivity contribution in [2.75, 3.05) is 6.61 Å². The minimum absolute atomic E-state index is 0.0212. The highest BCUT2D eigenvalue weighted by Crippen LogP contribution is 2.55. The summed E-state index contributed by atoms with van der Waals surface area (Å²) < 4.78 is 32.7. The van der Waals surface area contributed by atoms with Gasteiger partial charge in [0, 0.05) is 17.0 Å². The Hall–Kier alpha value is -3.00. The second-order valence-electron chi connectivity index (χ2n) is 7.51. The Labute approximate surface area is 174 Å². The predicted octanol–water partition coefficient (Wildman–Crippen LogP) is 2.51. The van der Waals surface area contributed by atoms with Gasteiger partial charge < -0.3 is 4.74 Å². The lowest BCUT2D eigenvalue weighted by Crippen LogP contribution is -2.64. The van der Waals surface area contributed by atoms with Crippen molar-refractivity contribution in [2.24, 2.45) is 11.8 Å². The van der Waals surface area contributed by atoms with E-state index in [1.54, 1.807) is 50.2 Å². The number of Topliss-reactive ketones (excluding diaryl/α,β-unsaturated/α-hetero) is 1. The normalized spacial score (nSPS) is 26.6. The van der Waals surface area contributed by atoms with E-state index >= 15 is 0 Å². The molecule has 0 unspecified atom stereocenters. The second-order valence-corrected chi connectivity index (χ2v) is 9.27. The quantitative estimate of drug-likeness (QED) is 0.549. The van der Waals surface area contributed by atoms with Crippen LogP contribution in [0.15, 0.2) is 59.5 Å². The van der Waals surface area contributed by atoms with Crippen molar-refractivity contribution in [1.82, 2.24) is 4.31 Å². The van der Waals surface area contributed by atoms with Gasteiger partial charge >= 0.3 is 5.97 Å². The number of nitrogens with zero attached hydrogens (tertiary/aromatic N) is 1. The molecule has 2 aromatic carbocycles. The van der Waals surface area contributed by atoms with E-state index in [0.29, 0.717) is 9.87 Å². The number of ketones is 1. The third-order valence-electron chi connectivity index (χ3n) is 5.81. The van der Waals surface area contributed by atoms with Crippen molar-refractivity contribution in [3.63, 3.8) is 0 Å². The van der Waals surface area contributed by atoms with Crippen LogP contribution in [0.25, 0.3) is 0 Å². The molecule has 0 N–H and O–H groups in total. The number of fused-ring (bicyclic) bond motifs is 3. The highest BCUT2D eigenvalue weighted by atomic mass is 32.2. The number of amides is 1. The molecule has 2 aromatic rings. The Kier molecular flexibility index (Phi) is 4.77. The molecule has 0 saturated carbocycles. The van der Waals surface area contributed by atoms with Crippen molar-refractivity contribution >= 4 is 27.7 Å². The van der Waals surface area contributed by atoms with E-state index in [1.807, 2.05) is 0 Å². The van der Waals surface area contributed by atoms with Crippen molar-refractivity contribution < 1.29 is 27.5 Å². The van der Waals surface area contributed by atoms with Crippen LogP contribution in [0.4, 0.5) is 0 Å². The van der Waals surface area contributed by atoms with E-state index in [4.69, 9.17) is 4.74 Å². The molecule has 4 rings (SSSR count). The van der Waals surface area contributed by atoms with E-state index in [-0.39, 0.29) is 23.5 Å². The van der Waals surface area contributed by atoms with Crippen LogP contribution in [0.5, 0.6) is 0 Å². The lowest BCUT2D eigenvalue weighted by Gasteiger charge is -2.45. The Morgan fingerprint density at radius 2 is 1.73 bits per heavy atom. The molecule has 7 nitrogen and oxygen atoms in total. The molecule has 2 aliphatic heterocycles. The summed E-state index contributed by atoms with van der Waals surface area (Å²) in [5, 5.41) is 0. The summed E-state index contributed by atoms with van der Waals surface area (Å²) in [7, 11) is -4.33. The molecule has 1 fully saturated rings. The maximum atomic E-state index is 13.6. The molecule has 8 heteroatoms. The fourth-order valence-electron chi connectivity index (χ4n) is 4.53. The van der Waals surface area contributed by atoms with Gasteiger partial charge in [0.05, 0.1) is 17.4 Å². The third kappa shape index (κ3) is 2.56. The van der Waals surface area contributed by atoms with Crippen LogP contribution in [0.1, 0.15) is 36.2 Å². The number of piperidine rings is 1. The average Bonchev–Trinajstić information content (AvgIpc) is 2.96. The van der Waals surface area contributed by atoms with Crippen LogP contribution in [-0.4, -0.2) is 37.0 Å². The molecule has 2 heterocycles. The Morgan fingerprint density at radius 3 is 2.40 bits per heavy atom. The van der Waals surface area contributed by atoms with E-state index in [0.717, 1.165) is 0 Å². The lowest BCUT2D eigenvalue weighted by atomic mass is 9.68. The van der Waals surface area contributed by atoms with Crippen LogP contribution in [-0.2, 0) is 29.9 Å². The van der Waals surface area contributed by atoms with Gasteiger partial charge in [-0.3, -0.25) is 9.59 Å². The van der Waals surface area contributed by atoms with Crippen molar-refractivity contribution in [1.29, 1.82) is 0 Å². The standard InChI is InChI=1S/C22H21NO6S/c1-3-29-21(26)22-16-11-7-8-12-18(16)30(27,28)23(22)20(25)14(2)13-17(22)19(24)15-9-5-4-6-10-15/h4-12,14,17H,3,13H2,1-2H3/t14-,17-,22-/m1/s1. The number of hydrogen-bond donors (Lipinski definition) is 0. The van der Waals surface area contributed by atoms with Crippen LogP contribution in [0.2, 0.25) is 0 Å². The minimum Gasteiger partial charge on any atom is -0.464 e. The lowest BCUT2D eigenvalue weighted by molar-refractivity contribution is -0.167. The van der Waals surface area contributed by atoms with Gasteiger partial charge in [0.15, 0.2) is 11.3 Å². The first kappa shape index (κ1) is 20.3. The largest absolute Gasteiger partial charge is 0.464 e. The zero-order chi connectivity index (χ0) is 21.7. The van der Waals surface area contributed by atoms with Gasteiger partial charge in [-0.1, -0.05) is 55.5 Å². The summed E-state index contributed by atoms with van der Waals surface area (Å²) in [5.74, 6) is -3.89. The van der Waals surface area contributed by atoms with E-state index in [1.165, 1.54) is 18.2 Å². The molecular weight excluding hydrogens is 406 g/mol. The summed E-state index contributed by atoms with van der Waals surface area (Å²) in [4.78, 5) is 40.0. The minimum atomic E-state index is -4.33. The van der Waals surface area contributed by atoms with Gasteiger partial charge in [-0.2, -0.15) is 0 Å². The number of carbonyl (C=O) groups excluding carboxylic acids is 3. The Bertz CT molecular complexity index is 1140. The van der Waals surface area contributed by atoms with Crippen molar-refractivity contribution in [3.8, 4) is 0 Å². The van der Waals surface area contributed by atoms with E-state index < -0.39 is 45.1 Å². The van der Waals surface area contributed by atoms with Gasteiger partial charge in [-0.25, -0.2) is 17.5 Å². The van der Waals surface area contributed by atoms with Crippen LogP contribution < -0.4 is 0 Å². The SMILES string of the molecule is CCOC(=O)[C@]12c3ccccc3S(=O)(=O)N1C(=O)[C@H](C)C[C@@H]2C(=O)c1ccccc1. The summed E-state index contributed by atoms with van der Waals surface area (Å²) in [6.07, 6.45) is 0.0335. The molecule has 0 bridgehead atoms. The van der Waals surface area contributed by atoms with Crippen LogP contribution >= 0.6 is 0 Å². The fraction of sp³-hybridized carbons (Fsp3) is 0.318. The fourth-order valence-corrected chi connectivity index (χ4v) is 6.57. The molecule has 2 aliphatic rings. The second kappa shape index (κ2) is 7.05. The highest BCUT2D eigenvalue weighted by Gasteiger charge is 2.69. The summed E-state index contributed by atoms with van der Waals surface area (Å²) in [6.45, 7) is 3.14. The maximum absolute atomic E-state index is 13.6. The number of sulfonamides is 1.